The molecule has 0 amide bonds. The van der Waals surface area contributed by atoms with Gasteiger partial charge in [-0.1, -0.05) is 11.1 Å². The van der Waals surface area contributed by atoms with E-state index < -0.39 is 35.2 Å². The third kappa shape index (κ3) is 6.54. The summed E-state index contributed by atoms with van der Waals surface area (Å²) in [5.74, 6) is 0. The maximum Gasteiger partial charge on any atom is 0.512 e. The zero-order chi connectivity index (χ0) is 20.3. The van der Waals surface area contributed by atoms with E-state index in [1.54, 1.807) is 0 Å². The number of nitrogens with zero attached hydrogens (tertiary/aromatic N) is 2. The molecule has 1 aliphatic heterocycles. The fraction of sp³-hybridized carbons (Fsp3) is 0.800. The van der Waals surface area contributed by atoms with Gasteiger partial charge in [0.1, 0.15) is 0 Å². The van der Waals surface area contributed by atoms with Gasteiger partial charge in [0, 0.05) is 26.0 Å². The molecule has 1 aliphatic rings. The summed E-state index contributed by atoms with van der Waals surface area (Å²) in [5.41, 5.74) is -12.3. The zero-order valence-corrected chi connectivity index (χ0v) is 14.9. The summed E-state index contributed by atoms with van der Waals surface area (Å²) in [7, 11) is -11.1. The van der Waals surface area contributed by atoms with E-state index in [9.17, 15) is 43.2 Å². The number of hydrogen-bond acceptors (Lipinski definition) is 6. The second-order valence-electron chi connectivity index (χ2n) is 4.81. The van der Waals surface area contributed by atoms with Crippen LogP contribution in [0, 0.1) is 0 Å². The highest BCUT2D eigenvalue weighted by Crippen LogP contribution is 2.27. The molecule has 0 spiro atoms. The SMILES string of the molecule is CCCN1C=CN(C)C1C.O=S(=O)(NS(=O)(=O)C(F)(F)F)C(F)(F)F. The molecule has 0 saturated carbocycles. The fourth-order valence-electron chi connectivity index (χ4n) is 1.43. The van der Waals surface area contributed by atoms with Crippen LogP contribution in [0.15, 0.2) is 12.4 Å². The van der Waals surface area contributed by atoms with E-state index in [4.69, 9.17) is 0 Å². The standard InChI is InChI=1S/C8H16N2.C2HF6NO4S2/c1-4-5-10-7-6-9(3)8(10)2;3-1(4,5)14(10,11)9-15(12,13)2(6,7)8/h6-8H,4-5H2,1-3H3;9H. The number of alkyl halides is 6. The fourth-order valence-corrected chi connectivity index (χ4v) is 3.34. The Bertz CT molecular complexity index is 630. The zero-order valence-electron chi connectivity index (χ0n) is 13.3. The highest BCUT2D eigenvalue weighted by Gasteiger charge is 2.55. The molecule has 15 heteroatoms. The molecular formula is C10H17F6N3O4S2. The third-order valence-corrected chi connectivity index (χ3v) is 5.85. The quantitative estimate of drug-likeness (QED) is 0.696. The van der Waals surface area contributed by atoms with E-state index in [2.05, 4.69) is 43.1 Å². The highest BCUT2D eigenvalue weighted by atomic mass is 32.3. The second-order valence-corrected chi connectivity index (χ2v) is 8.42. The lowest BCUT2D eigenvalue weighted by molar-refractivity contribution is -0.0476. The molecule has 1 unspecified atom stereocenters. The summed E-state index contributed by atoms with van der Waals surface area (Å²) in [6.45, 7) is 5.59. The average Bonchev–Trinajstić information content (AvgIpc) is 2.68. The first-order chi connectivity index (χ1) is 11.0. The number of nitrogens with one attached hydrogen (secondary N) is 1. The molecule has 1 heterocycles. The smallest absolute Gasteiger partial charge is 0.359 e. The molecule has 1 rings (SSSR count). The first-order valence-electron chi connectivity index (χ1n) is 6.53. The van der Waals surface area contributed by atoms with E-state index in [1.165, 1.54) is 13.0 Å². The molecule has 0 fully saturated rings. The molecule has 1 N–H and O–H groups in total. The molecule has 0 radical (unpaired) electrons. The molecule has 1 atom stereocenters. The van der Waals surface area contributed by atoms with Crippen LogP contribution in [0.2, 0.25) is 0 Å². The molecule has 0 bridgehead atoms. The first-order valence-corrected chi connectivity index (χ1v) is 9.50. The third-order valence-electron chi connectivity index (χ3n) is 2.87. The van der Waals surface area contributed by atoms with E-state index in [0.717, 1.165) is 0 Å². The number of sulfonamides is 2. The van der Waals surface area contributed by atoms with Gasteiger partial charge in [-0.2, -0.15) is 26.3 Å². The van der Waals surface area contributed by atoms with Gasteiger partial charge < -0.3 is 9.80 Å². The summed E-state index contributed by atoms with van der Waals surface area (Å²) >= 11 is 0. The van der Waals surface area contributed by atoms with Gasteiger partial charge in [-0.05, 0) is 13.3 Å². The number of rotatable bonds is 4. The van der Waals surface area contributed by atoms with Crippen molar-refractivity contribution < 1.29 is 43.2 Å². The van der Waals surface area contributed by atoms with Crippen LogP contribution in [0.25, 0.3) is 0 Å². The Morgan fingerprint density at radius 2 is 1.36 bits per heavy atom. The van der Waals surface area contributed by atoms with E-state index in [0.29, 0.717) is 6.17 Å². The van der Waals surface area contributed by atoms with Crippen LogP contribution < -0.4 is 4.13 Å². The van der Waals surface area contributed by atoms with Crippen LogP contribution in [0.4, 0.5) is 26.3 Å². The second kappa shape index (κ2) is 7.99. The van der Waals surface area contributed by atoms with Crippen molar-refractivity contribution in [2.24, 2.45) is 0 Å². The van der Waals surface area contributed by atoms with Crippen molar-refractivity contribution in [1.82, 2.24) is 13.9 Å². The predicted octanol–water partition coefficient (Wildman–Crippen LogP) is 1.74. The van der Waals surface area contributed by atoms with Crippen molar-refractivity contribution in [3.05, 3.63) is 12.4 Å². The molecule has 7 nitrogen and oxygen atoms in total. The van der Waals surface area contributed by atoms with Gasteiger partial charge in [0.2, 0.25) is 0 Å². The Kier molecular flexibility index (Phi) is 7.60. The van der Waals surface area contributed by atoms with Gasteiger partial charge in [0.25, 0.3) is 0 Å². The molecule has 0 aromatic rings. The van der Waals surface area contributed by atoms with Crippen molar-refractivity contribution in [3.63, 3.8) is 0 Å². The molecule has 0 saturated heterocycles. The maximum absolute atomic E-state index is 11.5. The molecule has 0 aromatic carbocycles. The van der Waals surface area contributed by atoms with Crippen molar-refractivity contribution in [3.8, 4) is 0 Å². The Balaban J connectivity index is 0.000000496. The minimum absolute atomic E-state index is 0.493. The minimum atomic E-state index is -6.60. The Morgan fingerprint density at radius 1 is 0.960 bits per heavy atom. The summed E-state index contributed by atoms with van der Waals surface area (Å²) in [5, 5.41) is 0. The number of hydrogen-bond donors (Lipinski definition) is 1. The lowest BCUT2D eigenvalue weighted by atomic mass is 10.4. The lowest BCUT2D eigenvalue weighted by Gasteiger charge is -2.26. The number of halogens is 6. The Labute approximate surface area is 141 Å². The molecular weight excluding hydrogens is 404 g/mol. The van der Waals surface area contributed by atoms with Gasteiger partial charge in [-0.25, -0.2) is 16.8 Å². The normalized spacial score (nSPS) is 19.0. The molecule has 25 heavy (non-hydrogen) atoms. The summed E-state index contributed by atoms with van der Waals surface area (Å²) < 4.78 is 108. The van der Waals surface area contributed by atoms with Crippen molar-refractivity contribution in [2.45, 2.75) is 37.5 Å². The van der Waals surface area contributed by atoms with Crippen LogP contribution in [-0.2, 0) is 20.0 Å². The predicted molar refractivity (Wildman–Crippen MR) is 76.4 cm³/mol. The summed E-state index contributed by atoms with van der Waals surface area (Å²) in [6, 6.07) is 0. The van der Waals surface area contributed by atoms with Crippen LogP contribution >= 0.6 is 0 Å². The summed E-state index contributed by atoms with van der Waals surface area (Å²) in [4.78, 5) is 4.57. The monoisotopic (exact) mass is 421 g/mol. The Hall–Kier alpha value is -1.22. The molecule has 0 aliphatic carbocycles. The van der Waals surface area contributed by atoms with Crippen LogP contribution in [0.1, 0.15) is 20.3 Å². The van der Waals surface area contributed by atoms with Gasteiger partial charge >= 0.3 is 31.1 Å². The Morgan fingerprint density at radius 3 is 1.60 bits per heavy atom. The van der Waals surface area contributed by atoms with Crippen molar-refractivity contribution >= 4 is 20.0 Å². The lowest BCUT2D eigenvalue weighted by Crippen LogP contribution is -2.45. The summed E-state index contributed by atoms with van der Waals surface area (Å²) in [6.07, 6.45) is 6.07. The van der Waals surface area contributed by atoms with Crippen LogP contribution in [-0.4, -0.2) is 57.4 Å². The highest BCUT2D eigenvalue weighted by molar-refractivity contribution is 8.05. The van der Waals surface area contributed by atoms with Gasteiger partial charge in [-0.3, -0.25) is 0 Å². The van der Waals surface area contributed by atoms with Gasteiger partial charge in [0.15, 0.2) is 0 Å². The van der Waals surface area contributed by atoms with Gasteiger partial charge in [0.05, 0.1) is 6.17 Å². The van der Waals surface area contributed by atoms with Crippen LogP contribution in [0.5, 0.6) is 0 Å². The molecule has 150 valence electrons. The van der Waals surface area contributed by atoms with Gasteiger partial charge in [-0.15, -0.1) is 0 Å². The van der Waals surface area contributed by atoms with E-state index >= 15 is 0 Å². The minimum Gasteiger partial charge on any atom is -0.359 e. The van der Waals surface area contributed by atoms with Crippen molar-refractivity contribution in [2.75, 3.05) is 13.6 Å². The van der Waals surface area contributed by atoms with Crippen molar-refractivity contribution in [1.29, 1.82) is 0 Å². The topological polar surface area (TPSA) is 86.8 Å². The maximum atomic E-state index is 11.5. The van der Waals surface area contributed by atoms with Crippen LogP contribution in [0.3, 0.4) is 0 Å². The largest absolute Gasteiger partial charge is 0.512 e. The van der Waals surface area contributed by atoms with E-state index in [1.807, 2.05) is 0 Å². The average molecular weight is 421 g/mol. The van der Waals surface area contributed by atoms with E-state index in [-0.39, 0.29) is 0 Å². The first kappa shape index (κ1) is 23.8. The molecule has 0 aromatic heterocycles.